The molecule has 256 valence electrons. The molecule has 5 aromatic rings. The van der Waals surface area contributed by atoms with Crippen molar-refractivity contribution in [2.45, 2.75) is 24.9 Å². The number of ether oxygens (including phenoxy) is 8. The molecule has 0 N–H and O–H groups in total. The highest BCUT2D eigenvalue weighted by molar-refractivity contribution is 6.08. The normalized spacial score (nSPS) is 20.6. The third-order valence-corrected chi connectivity index (χ3v) is 11.1. The Labute approximate surface area is 292 Å². The van der Waals surface area contributed by atoms with E-state index in [0.29, 0.717) is 64.5 Å². The number of hydrogen-bond donors (Lipinski definition) is 0. The topological polar surface area (TPSA) is 97.4 Å². The van der Waals surface area contributed by atoms with Gasteiger partial charge in [-0.05, 0) is 78.0 Å². The lowest BCUT2D eigenvalue weighted by Gasteiger charge is -2.43. The molecule has 11 heteroatoms. The Hall–Kier alpha value is -5.81. The molecule has 6 aliphatic heterocycles. The van der Waals surface area contributed by atoms with Gasteiger partial charge in [-0.15, -0.1) is 0 Å². The van der Waals surface area contributed by atoms with Crippen molar-refractivity contribution in [1.82, 2.24) is 4.90 Å². The highest BCUT2D eigenvalue weighted by atomic mass is 16.7. The predicted molar refractivity (Wildman–Crippen MR) is 185 cm³/mol. The summed E-state index contributed by atoms with van der Waals surface area (Å²) in [7, 11) is 4.16. The van der Waals surface area contributed by atoms with E-state index in [0.717, 1.165) is 56.4 Å². The SMILES string of the molecule is CN1CCc2cc3c(cc2C(=O)[C@H]([C@@H]2c4c(ccc5c4OCO5)-c4ccc5cc6c(cc5c4N2C)OCO6)c2ccc4c(c2C1)OCO4)OCO3. The number of fused-ring (bicyclic) bond motifs is 13. The van der Waals surface area contributed by atoms with Crippen LogP contribution in [0.1, 0.15) is 44.6 Å². The number of rotatable bonds is 1. The first-order valence-electron chi connectivity index (χ1n) is 17.1. The highest BCUT2D eigenvalue weighted by Crippen LogP contribution is 2.59. The van der Waals surface area contributed by atoms with E-state index in [9.17, 15) is 0 Å². The van der Waals surface area contributed by atoms with E-state index in [-0.39, 0.29) is 33.0 Å². The maximum atomic E-state index is 15.8. The van der Waals surface area contributed by atoms with Crippen molar-refractivity contribution in [2.75, 3.05) is 52.7 Å². The van der Waals surface area contributed by atoms with Crippen molar-refractivity contribution in [3.8, 4) is 57.1 Å². The Morgan fingerprint density at radius 3 is 2.10 bits per heavy atom. The van der Waals surface area contributed by atoms with Gasteiger partial charge >= 0.3 is 0 Å². The van der Waals surface area contributed by atoms with Crippen LogP contribution >= 0.6 is 0 Å². The molecular weight excluding hydrogens is 652 g/mol. The quantitative estimate of drug-likeness (QED) is 0.192. The number of hydrogen-bond acceptors (Lipinski definition) is 11. The van der Waals surface area contributed by atoms with Gasteiger partial charge in [0.1, 0.15) is 0 Å². The predicted octanol–water partition coefficient (Wildman–Crippen LogP) is 6.57. The fourth-order valence-electron chi connectivity index (χ4n) is 8.74. The minimum Gasteiger partial charge on any atom is -0.454 e. The monoisotopic (exact) mass is 684 g/mol. The summed E-state index contributed by atoms with van der Waals surface area (Å²) in [6.45, 7) is 1.79. The van der Waals surface area contributed by atoms with E-state index in [4.69, 9.17) is 37.9 Å². The van der Waals surface area contributed by atoms with E-state index in [1.807, 2.05) is 42.5 Å². The van der Waals surface area contributed by atoms with Crippen LogP contribution in [-0.2, 0) is 13.0 Å². The lowest BCUT2D eigenvalue weighted by Crippen LogP contribution is -2.38. The Morgan fingerprint density at radius 2 is 1.27 bits per heavy atom. The Morgan fingerprint density at radius 1 is 0.627 bits per heavy atom. The second kappa shape index (κ2) is 10.6. The molecule has 11 nitrogen and oxygen atoms in total. The van der Waals surface area contributed by atoms with Gasteiger partial charge < -0.3 is 47.7 Å². The van der Waals surface area contributed by atoms with Gasteiger partial charge in [-0.1, -0.05) is 18.2 Å². The van der Waals surface area contributed by atoms with Crippen LogP contribution in [0, 0.1) is 0 Å². The molecule has 6 heterocycles. The van der Waals surface area contributed by atoms with Crippen molar-refractivity contribution in [1.29, 1.82) is 0 Å². The van der Waals surface area contributed by atoms with Crippen LogP contribution in [0.5, 0.6) is 46.0 Å². The third kappa shape index (κ3) is 4.12. The summed E-state index contributed by atoms with van der Waals surface area (Å²) in [5.74, 6) is 4.54. The molecule has 0 aromatic heterocycles. The first-order chi connectivity index (χ1) is 25.0. The van der Waals surface area contributed by atoms with Crippen molar-refractivity contribution in [3.63, 3.8) is 0 Å². The van der Waals surface area contributed by atoms with Gasteiger partial charge in [-0.3, -0.25) is 4.79 Å². The molecule has 0 bridgehead atoms. The fraction of sp³-hybridized carbons (Fsp3) is 0.275. The third-order valence-electron chi connectivity index (χ3n) is 11.1. The van der Waals surface area contributed by atoms with Gasteiger partial charge in [0.05, 0.1) is 17.6 Å². The molecule has 0 amide bonds. The van der Waals surface area contributed by atoms with Gasteiger partial charge in [0, 0.05) is 47.8 Å². The average Bonchev–Trinajstić information content (AvgIpc) is 3.97. The summed E-state index contributed by atoms with van der Waals surface area (Å²) in [6, 6.07) is 19.6. The van der Waals surface area contributed by atoms with E-state index < -0.39 is 12.0 Å². The zero-order chi connectivity index (χ0) is 34.0. The van der Waals surface area contributed by atoms with Gasteiger partial charge in [-0.25, -0.2) is 0 Å². The largest absolute Gasteiger partial charge is 0.454 e. The summed E-state index contributed by atoms with van der Waals surface area (Å²) >= 11 is 0. The van der Waals surface area contributed by atoms with Crippen LogP contribution in [0.2, 0.25) is 0 Å². The van der Waals surface area contributed by atoms with Crippen molar-refractivity contribution in [2.24, 2.45) is 0 Å². The van der Waals surface area contributed by atoms with Crippen molar-refractivity contribution >= 4 is 22.2 Å². The molecule has 51 heavy (non-hydrogen) atoms. The van der Waals surface area contributed by atoms with E-state index in [2.05, 4.69) is 42.1 Å². The van der Waals surface area contributed by atoms with E-state index in [1.165, 1.54) is 0 Å². The maximum absolute atomic E-state index is 15.8. The zero-order valence-corrected chi connectivity index (χ0v) is 27.9. The molecule has 0 spiro atoms. The van der Waals surface area contributed by atoms with Gasteiger partial charge in [0.15, 0.2) is 51.8 Å². The minimum atomic E-state index is -0.725. The van der Waals surface area contributed by atoms with Gasteiger partial charge in [-0.2, -0.15) is 0 Å². The fourth-order valence-corrected chi connectivity index (χ4v) is 8.74. The molecule has 2 atom stereocenters. The second-order valence-electron chi connectivity index (χ2n) is 13.8. The Kier molecular flexibility index (Phi) is 6.02. The second-order valence-corrected chi connectivity index (χ2v) is 13.8. The molecule has 0 saturated heterocycles. The maximum Gasteiger partial charge on any atom is 0.231 e. The smallest absolute Gasteiger partial charge is 0.231 e. The van der Waals surface area contributed by atoms with Crippen LogP contribution < -0.4 is 42.8 Å². The molecule has 5 aromatic carbocycles. The lowest BCUT2D eigenvalue weighted by molar-refractivity contribution is 0.0941. The van der Waals surface area contributed by atoms with Crippen LogP contribution in [0.4, 0.5) is 5.69 Å². The zero-order valence-electron chi connectivity index (χ0n) is 27.9. The Balaban J connectivity index is 1.21. The lowest BCUT2D eigenvalue weighted by atomic mass is 9.73. The summed E-state index contributed by atoms with van der Waals surface area (Å²) in [6.07, 6.45) is 0.646. The van der Waals surface area contributed by atoms with Gasteiger partial charge in [0.2, 0.25) is 27.2 Å². The van der Waals surface area contributed by atoms with Crippen molar-refractivity contribution in [3.05, 3.63) is 88.5 Å². The molecule has 0 unspecified atom stereocenters. The molecule has 11 rings (SSSR count). The first kappa shape index (κ1) is 29.0. The Bertz CT molecular complexity index is 2360. The van der Waals surface area contributed by atoms with Gasteiger partial charge in [0.25, 0.3) is 0 Å². The van der Waals surface area contributed by atoms with Crippen LogP contribution in [0.15, 0.2) is 60.7 Å². The minimum absolute atomic E-state index is 0.0337. The standard InChI is InChI=1S/C40H32N2O9/c1-41-10-9-21-12-31-33(49-17-47-31)14-26(21)38(43)34(23-6-7-28-39(27(23)15-41)50-18-44-28)37-35-22(5-8-29-40(35)51-19-45-29)24-4-3-20-11-30-32(48-16-46-30)13-25(20)36(24)42(37)2/h3-8,11-14,34,37H,9-10,15-19H2,1-2H3/t34-,37+/m0/s1. The number of likely N-dealkylation sites (N-methyl/N-ethyl adjacent to an activating group) is 2. The number of benzene rings is 5. The van der Waals surface area contributed by atoms with E-state index >= 15 is 4.79 Å². The van der Waals surface area contributed by atoms with Crippen LogP contribution in [0.25, 0.3) is 21.9 Å². The molecule has 0 radical (unpaired) electrons. The average molecular weight is 685 g/mol. The molecule has 6 aliphatic rings. The number of ketones is 1. The van der Waals surface area contributed by atoms with Crippen LogP contribution in [0.3, 0.4) is 0 Å². The summed E-state index contributed by atoms with van der Waals surface area (Å²) in [4.78, 5) is 20.3. The number of Topliss-reactive ketones (excluding diaryl/α,β-unsaturated/α-hetero) is 1. The summed E-state index contributed by atoms with van der Waals surface area (Å²) < 4.78 is 47.6. The summed E-state index contributed by atoms with van der Waals surface area (Å²) in [5.41, 5.74) is 7.20. The molecule has 0 aliphatic carbocycles. The number of anilines is 1. The van der Waals surface area contributed by atoms with Crippen molar-refractivity contribution < 1.29 is 42.7 Å². The number of nitrogens with zero attached hydrogens (tertiary/aromatic N) is 2. The van der Waals surface area contributed by atoms with Crippen LogP contribution in [-0.4, -0.2) is 58.5 Å². The van der Waals surface area contributed by atoms with E-state index in [1.54, 1.807) is 0 Å². The molecular formula is C40H32N2O9. The molecule has 0 saturated carbocycles. The highest BCUT2D eigenvalue weighted by Gasteiger charge is 2.46. The summed E-state index contributed by atoms with van der Waals surface area (Å²) in [5, 5.41) is 2.00. The number of carbonyl (C=O) groups excluding carboxylic acids is 1. The first-order valence-corrected chi connectivity index (χ1v) is 17.1. The molecule has 0 fully saturated rings. The number of carbonyl (C=O) groups is 1.